The van der Waals surface area contributed by atoms with Gasteiger partial charge in [0.05, 0.1) is 0 Å². The average molecular weight is 337 g/mol. The summed E-state index contributed by atoms with van der Waals surface area (Å²) in [5.74, 6) is -0.998. The summed E-state index contributed by atoms with van der Waals surface area (Å²) in [5, 5.41) is 16.3. The summed E-state index contributed by atoms with van der Waals surface area (Å²) in [7, 11) is -2.17. The Kier molecular flexibility index (Phi) is 5.22. The summed E-state index contributed by atoms with van der Waals surface area (Å²) >= 11 is 4.02. The highest BCUT2D eigenvalue weighted by Crippen LogP contribution is 2.08. The zero-order valence-corrected chi connectivity index (χ0v) is 8.77. The van der Waals surface area contributed by atoms with Crippen molar-refractivity contribution < 1.29 is 24.3 Å². The van der Waals surface area contributed by atoms with E-state index in [1.165, 1.54) is 22.6 Å². The summed E-state index contributed by atoms with van der Waals surface area (Å²) in [5.41, 5.74) is 0. The van der Waals surface area contributed by atoms with Crippen LogP contribution in [0.15, 0.2) is 0 Å². The topological polar surface area (TPSA) is 83.8 Å². The first-order valence-electron chi connectivity index (χ1n) is 2.35. The first kappa shape index (κ1) is 11.3. The molecule has 0 saturated heterocycles. The maximum atomic E-state index is 10.6. The van der Waals surface area contributed by atoms with E-state index in [1.54, 1.807) is 0 Å². The Balaban J connectivity index is 3.93. The highest BCUT2D eigenvalue weighted by Gasteiger charge is 2.26. The molecule has 0 heterocycles. The van der Waals surface area contributed by atoms with Crippen LogP contribution >= 0.6 is 38.5 Å². The number of alkyl halides is 1. The normalized spacial score (nSPS) is 12.0. The zero-order valence-electron chi connectivity index (χ0n) is 5.03. The number of hydrogen-bond donors (Lipinski definition) is 2. The van der Waals surface area contributed by atoms with Crippen LogP contribution in [0.4, 0.5) is 0 Å². The predicted octanol–water partition coefficient (Wildman–Crippen LogP) is -0.776. The molecule has 11 heavy (non-hydrogen) atoms. The Bertz CT molecular complexity index is 173. The van der Waals surface area contributed by atoms with Gasteiger partial charge in [0.15, 0.2) is 3.92 Å². The Morgan fingerprint density at radius 1 is 1.55 bits per heavy atom. The van der Waals surface area contributed by atoms with Gasteiger partial charge >= 0.3 is 13.3 Å². The van der Waals surface area contributed by atoms with E-state index >= 15 is 0 Å². The largest absolute Gasteiger partial charge is 0.709 e. The molecular formula is C3H3BBrIO5. The minimum Gasteiger partial charge on any atom is -0.484 e. The van der Waals surface area contributed by atoms with Gasteiger partial charge in [-0.3, -0.25) is 9.59 Å². The number of halogens is 2. The van der Waals surface area contributed by atoms with Crippen molar-refractivity contribution in [3.63, 3.8) is 0 Å². The smallest absolute Gasteiger partial charge is 0.484 e. The Hall–Kier alpha value is 0.335. The van der Waals surface area contributed by atoms with E-state index < -0.39 is 21.9 Å². The first-order valence-corrected chi connectivity index (χ1v) is 4.39. The molecule has 2 N–H and O–H groups in total. The van der Waals surface area contributed by atoms with Gasteiger partial charge < -0.3 is 14.7 Å². The molecule has 0 radical (unpaired) electrons. The molecule has 0 aromatic rings. The summed E-state index contributed by atoms with van der Waals surface area (Å²) in [4.78, 5) is 21.0. The van der Waals surface area contributed by atoms with Gasteiger partial charge in [0.1, 0.15) is 0 Å². The maximum absolute atomic E-state index is 10.6. The predicted molar refractivity (Wildman–Crippen MR) is 48.0 cm³/mol. The molecule has 1 unspecified atom stereocenters. The van der Waals surface area contributed by atoms with E-state index in [-0.39, 0.29) is 0 Å². The Morgan fingerprint density at radius 2 is 2.00 bits per heavy atom. The molecule has 0 aromatic heterocycles. The second-order valence-electron chi connectivity index (χ2n) is 1.43. The van der Waals surface area contributed by atoms with Crippen molar-refractivity contribution >= 4 is 56.5 Å². The lowest BCUT2D eigenvalue weighted by Crippen LogP contribution is -2.30. The molecule has 0 fully saturated rings. The molecular weight excluding hydrogens is 334 g/mol. The Morgan fingerprint density at radius 3 is 2.27 bits per heavy atom. The van der Waals surface area contributed by atoms with Gasteiger partial charge in [-0.05, 0) is 15.9 Å². The summed E-state index contributed by atoms with van der Waals surface area (Å²) < 4.78 is 2.25. The van der Waals surface area contributed by atoms with Crippen LogP contribution in [0.2, 0.25) is 0 Å². The average Bonchev–Trinajstić information content (AvgIpc) is 1.84. The molecule has 0 aromatic carbocycles. The van der Waals surface area contributed by atoms with Crippen LogP contribution < -0.4 is 0 Å². The minimum atomic E-state index is -2.17. The van der Waals surface area contributed by atoms with Crippen molar-refractivity contribution in [2.45, 2.75) is 3.92 Å². The van der Waals surface area contributed by atoms with Crippen molar-refractivity contribution in [1.29, 1.82) is 0 Å². The monoisotopic (exact) mass is 336 g/mol. The van der Waals surface area contributed by atoms with Crippen LogP contribution in [0.25, 0.3) is 0 Å². The highest BCUT2D eigenvalue weighted by molar-refractivity contribution is 14.1. The van der Waals surface area contributed by atoms with Crippen LogP contribution in [-0.4, -0.2) is 32.0 Å². The van der Waals surface area contributed by atoms with Crippen molar-refractivity contribution in [3.8, 4) is 0 Å². The van der Waals surface area contributed by atoms with Crippen LogP contribution in [0.1, 0.15) is 0 Å². The Labute approximate surface area is 84.6 Å². The van der Waals surface area contributed by atoms with Gasteiger partial charge in [-0.25, -0.2) is 0 Å². The van der Waals surface area contributed by atoms with E-state index in [0.29, 0.717) is 0 Å². The lowest BCUT2D eigenvalue weighted by atomic mass is 10.2. The molecule has 0 bridgehead atoms. The molecule has 62 valence electrons. The minimum absolute atomic E-state index is 0.580. The number of carbonyl (C=O) groups is 2. The highest BCUT2D eigenvalue weighted by atomic mass is 127. The fraction of sp³-hybridized carbons (Fsp3) is 0.333. The lowest BCUT2D eigenvalue weighted by Gasteiger charge is -2.04. The number of rotatable bonds is 3. The number of carbonyl (C=O) groups excluding carboxylic acids is 2. The fourth-order valence-corrected chi connectivity index (χ4v) is 0.590. The molecule has 1 atom stereocenters. The van der Waals surface area contributed by atoms with E-state index in [4.69, 9.17) is 10.0 Å². The van der Waals surface area contributed by atoms with E-state index in [9.17, 15) is 9.59 Å². The van der Waals surface area contributed by atoms with E-state index in [0.717, 1.165) is 0 Å². The summed E-state index contributed by atoms with van der Waals surface area (Å²) in [6, 6.07) is 0. The van der Waals surface area contributed by atoms with Gasteiger partial charge in [0.25, 0.3) is 0 Å². The number of hydrogen-bond acceptors (Lipinski definition) is 5. The lowest BCUT2D eigenvalue weighted by molar-refractivity contribution is -0.137. The molecule has 5 nitrogen and oxygen atoms in total. The quantitative estimate of drug-likeness (QED) is 0.232. The summed E-state index contributed by atoms with van der Waals surface area (Å²) in [6.45, 7) is 0. The van der Waals surface area contributed by atoms with Crippen LogP contribution in [0.3, 0.4) is 0 Å². The third-order valence-corrected chi connectivity index (χ3v) is 3.02. The van der Waals surface area contributed by atoms with Crippen molar-refractivity contribution in [2.24, 2.45) is 0 Å². The SMILES string of the molecule is O=C(Br)C(I)C(=O)OB(O)O. The van der Waals surface area contributed by atoms with Crippen LogP contribution in [0.5, 0.6) is 0 Å². The second kappa shape index (κ2) is 5.06. The summed E-state index contributed by atoms with van der Waals surface area (Å²) in [6.07, 6.45) is 0. The van der Waals surface area contributed by atoms with Gasteiger partial charge in [0.2, 0.25) is 4.69 Å². The van der Waals surface area contributed by atoms with Gasteiger partial charge in [-0.1, -0.05) is 22.6 Å². The third-order valence-electron chi connectivity index (χ3n) is 0.628. The zero-order chi connectivity index (χ0) is 9.02. The molecule has 0 spiro atoms. The van der Waals surface area contributed by atoms with Crippen molar-refractivity contribution in [3.05, 3.63) is 0 Å². The van der Waals surface area contributed by atoms with Crippen LogP contribution in [0, 0.1) is 0 Å². The standard InChI is InChI=1S/C3H3BBrIO5/c5-2(7)1(6)3(8)11-4(9)10/h1,9-10H. The molecule has 0 aliphatic rings. The van der Waals surface area contributed by atoms with Gasteiger partial charge in [-0.2, -0.15) is 0 Å². The molecule has 0 aliphatic heterocycles. The van der Waals surface area contributed by atoms with Gasteiger partial charge in [0, 0.05) is 0 Å². The molecule has 0 rings (SSSR count). The fourth-order valence-electron chi connectivity index (χ4n) is 0.256. The third kappa shape index (κ3) is 4.72. The molecule has 0 aliphatic carbocycles. The van der Waals surface area contributed by atoms with E-state index in [2.05, 4.69) is 20.6 Å². The molecule has 8 heteroatoms. The van der Waals surface area contributed by atoms with E-state index in [1.807, 2.05) is 0 Å². The molecule has 0 amide bonds. The van der Waals surface area contributed by atoms with Crippen molar-refractivity contribution in [1.82, 2.24) is 0 Å². The van der Waals surface area contributed by atoms with Crippen LogP contribution in [-0.2, 0) is 14.2 Å². The van der Waals surface area contributed by atoms with Gasteiger partial charge in [-0.15, -0.1) is 0 Å². The van der Waals surface area contributed by atoms with Crippen molar-refractivity contribution in [2.75, 3.05) is 0 Å². The second-order valence-corrected chi connectivity index (χ2v) is 3.46. The first-order chi connectivity index (χ1) is 4.95. The maximum Gasteiger partial charge on any atom is 0.709 e. The molecule has 0 saturated carbocycles.